The fraction of sp³-hybridized carbons (Fsp3) is 0.462. The number of anilines is 3. The molecule has 188 valence electrons. The van der Waals surface area contributed by atoms with E-state index in [4.69, 9.17) is 27.3 Å². The Kier molecular flexibility index (Phi) is 6.05. The van der Waals surface area contributed by atoms with Crippen molar-refractivity contribution in [2.45, 2.75) is 43.7 Å². The number of nitrogen functional groups attached to an aromatic ring is 1. The van der Waals surface area contributed by atoms with Gasteiger partial charge in [-0.1, -0.05) is 17.7 Å². The second kappa shape index (κ2) is 9.37. The van der Waals surface area contributed by atoms with Crippen molar-refractivity contribution in [2.24, 2.45) is 0 Å². The van der Waals surface area contributed by atoms with Crippen molar-refractivity contribution in [3.8, 4) is 17.0 Å². The van der Waals surface area contributed by atoms with Crippen LogP contribution in [0.3, 0.4) is 0 Å². The predicted octanol–water partition coefficient (Wildman–Crippen LogP) is 3.54. The molecular weight excluding hydrogens is 476 g/mol. The monoisotopic (exact) mass is 506 g/mol. The second-order valence-electron chi connectivity index (χ2n) is 10.2. The van der Waals surface area contributed by atoms with E-state index in [0.29, 0.717) is 35.1 Å². The van der Waals surface area contributed by atoms with Gasteiger partial charge in [-0.05, 0) is 70.1 Å². The molecule has 3 aliphatic rings. The maximum absolute atomic E-state index is 10.4. The Morgan fingerprint density at radius 1 is 1.03 bits per heavy atom. The van der Waals surface area contributed by atoms with Gasteiger partial charge in [-0.2, -0.15) is 0 Å². The van der Waals surface area contributed by atoms with Crippen LogP contribution in [0.25, 0.3) is 11.3 Å². The van der Waals surface area contributed by atoms with E-state index in [1.54, 1.807) is 18.2 Å². The molecule has 9 nitrogen and oxygen atoms in total. The quantitative estimate of drug-likeness (QED) is 0.549. The number of halogens is 1. The van der Waals surface area contributed by atoms with Gasteiger partial charge in [0.2, 0.25) is 5.95 Å². The average Bonchev–Trinajstić information content (AvgIpc) is 3.16. The first-order chi connectivity index (χ1) is 17.5. The molecule has 0 radical (unpaired) electrons. The Morgan fingerprint density at radius 3 is 2.53 bits per heavy atom. The minimum Gasteiger partial charge on any atom is -0.506 e. The SMILES string of the molecule is CN1CCC(c2ccnc(N3[C@@H]4CC[C@H]3CN(c3cc(-c5cccc(Cl)c5O)nnc3N)C4)n2)CC1. The number of piperazine rings is 1. The lowest BCUT2D eigenvalue weighted by molar-refractivity contribution is 0.253. The Hall–Kier alpha value is -3.17. The molecule has 3 fully saturated rings. The van der Waals surface area contributed by atoms with E-state index in [0.717, 1.165) is 63.5 Å². The number of aromatic hydroxyl groups is 1. The van der Waals surface area contributed by atoms with Crippen LogP contribution in [0.1, 0.15) is 37.3 Å². The highest BCUT2D eigenvalue weighted by Gasteiger charge is 2.42. The summed E-state index contributed by atoms with van der Waals surface area (Å²) in [5.74, 6) is 1.74. The van der Waals surface area contributed by atoms with E-state index in [1.807, 2.05) is 12.3 Å². The van der Waals surface area contributed by atoms with Crippen LogP contribution in [0.15, 0.2) is 36.5 Å². The van der Waals surface area contributed by atoms with Gasteiger partial charge in [0.25, 0.3) is 0 Å². The summed E-state index contributed by atoms with van der Waals surface area (Å²) in [6.07, 6.45) is 6.39. The molecule has 2 bridgehead atoms. The molecular formula is C26H31ClN8O. The van der Waals surface area contributed by atoms with Crippen LogP contribution in [0.4, 0.5) is 17.5 Å². The van der Waals surface area contributed by atoms with Crippen molar-refractivity contribution in [2.75, 3.05) is 48.8 Å². The number of nitrogens with zero attached hydrogens (tertiary/aromatic N) is 7. The van der Waals surface area contributed by atoms with Crippen LogP contribution < -0.4 is 15.5 Å². The molecule has 2 aromatic heterocycles. The third-order valence-corrected chi connectivity index (χ3v) is 8.22. The minimum atomic E-state index is -0.00396. The molecule has 3 saturated heterocycles. The summed E-state index contributed by atoms with van der Waals surface area (Å²) >= 11 is 6.12. The highest BCUT2D eigenvalue weighted by molar-refractivity contribution is 6.32. The predicted molar refractivity (Wildman–Crippen MR) is 142 cm³/mol. The third-order valence-electron chi connectivity index (χ3n) is 7.92. The first-order valence-electron chi connectivity index (χ1n) is 12.6. The Bertz CT molecular complexity index is 1250. The van der Waals surface area contributed by atoms with Crippen molar-refractivity contribution in [3.63, 3.8) is 0 Å². The van der Waals surface area contributed by atoms with E-state index in [1.165, 1.54) is 5.69 Å². The topological polar surface area (TPSA) is 108 Å². The van der Waals surface area contributed by atoms with Crippen molar-refractivity contribution >= 4 is 29.1 Å². The average molecular weight is 507 g/mol. The zero-order chi connectivity index (χ0) is 24.8. The summed E-state index contributed by atoms with van der Waals surface area (Å²) in [5, 5.41) is 19.2. The summed E-state index contributed by atoms with van der Waals surface area (Å²) in [7, 11) is 2.19. The van der Waals surface area contributed by atoms with Crippen LogP contribution in [0.2, 0.25) is 5.02 Å². The van der Waals surface area contributed by atoms with E-state index >= 15 is 0 Å². The first kappa shape index (κ1) is 23.2. The zero-order valence-electron chi connectivity index (χ0n) is 20.4. The number of para-hydroxylation sites is 1. The molecule has 0 aliphatic carbocycles. The lowest BCUT2D eigenvalue weighted by atomic mass is 9.94. The number of hydrogen-bond acceptors (Lipinski definition) is 9. The summed E-state index contributed by atoms with van der Waals surface area (Å²) in [6, 6.07) is 9.80. The van der Waals surface area contributed by atoms with Crippen LogP contribution in [0.5, 0.6) is 5.75 Å². The molecule has 2 atom stereocenters. The van der Waals surface area contributed by atoms with Gasteiger partial charge in [-0.3, -0.25) is 0 Å². The molecule has 6 rings (SSSR count). The fourth-order valence-electron chi connectivity index (χ4n) is 5.94. The van der Waals surface area contributed by atoms with Gasteiger partial charge in [-0.15, -0.1) is 10.2 Å². The number of likely N-dealkylation sites (tertiary alicyclic amines) is 1. The van der Waals surface area contributed by atoms with Gasteiger partial charge in [-0.25, -0.2) is 9.97 Å². The lowest BCUT2D eigenvalue weighted by Gasteiger charge is -2.42. The molecule has 3 aliphatic heterocycles. The summed E-state index contributed by atoms with van der Waals surface area (Å²) < 4.78 is 0. The molecule has 36 heavy (non-hydrogen) atoms. The Balaban J connectivity index is 1.24. The number of piperidine rings is 1. The van der Waals surface area contributed by atoms with Gasteiger partial charge in [0.1, 0.15) is 5.75 Å². The first-order valence-corrected chi connectivity index (χ1v) is 13.0. The number of hydrogen-bond donors (Lipinski definition) is 2. The van der Waals surface area contributed by atoms with Crippen molar-refractivity contribution in [3.05, 3.63) is 47.2 Å². The van der Waals surface area contributed by atoms with Gasteiger partial charge in [0, 0.05) is 48.5 Å². The molecule has 1 aromatic carbocycles. The van der Waals surface area contributed by atoms with Gasteiger partial charge < -0.3 is 25.5 Å². The third kappa shape index (κ3) is 4.20. The molecule has 3 aromatic rings. The van der Waals surface area contributed by atoms with Gasteiger partial charge in [0.05, 0.1) is 16.4 Å². The van der Waals surface area contributed by atoms with Gasteiger partial charge in [0.15, 0.2) is 5.82 Å². The largest absolute Gasteiger partial charge is 0.506 e. The molecule has 0 amide bonds. The molecule has 0 unspecified atom stereocenters. The van der Waals surface area contributed by atoms with E-state index in [-0.39, 0.29) is 10.8 Å². The van der Waals surface area contributed by atoms with Crippen LogP contribution >= 0.6 is 11.6 Å². The summed E-state index contributed by atoms with van der Waals surface area (Å²) in [6.45, 7) is 3.83. The van der Waals surface area contributed by atoms with Crippen molar-refractivity contribution < 1.29 is 5.11 Å². The number of phenols is 1. The minimum absolute atomic E-state index is 0.00396. The van der Waals surface area contributed by atoms with E-state index in [2.05, 4.69) is 38.0 Å². The lowest BCUT2D eigenvalue weighted by Crippen LogP contribution is -2.54. The Morgan fingerprint density at radius 2 is 1.78 bits per heavy atom. The number of benzene rings is 1. The summed E-state index contributed by atoms with van der Waals surface area (Å²) in [5.41, 5.74) is 9.37. The van der Waals surface area contributed by atoms with Crippen LogP contribution in [0, 0.1) is 0 Å². The highest BCUT2D eigenvalue weighted by Crippen LogP contribution is 2.39. The number of nitrogens with two attached hydrogens (primary N) is 1. The normalized spacial score (nSPS) is 22.8. The highest BCUT2D eigenvalue weighted by atomic mass is 35.5. The van der Waals surface area contributed by atoms with E-state index in [9.17, 15) is 5.11 Å². The fourth-order valence-corrected chi connectivity index (χ4v) is 6.12. The van der Waals surface area contributed by atoms with Crippen molar-refractivity contribution in [1.29, 1.82) is 0 Å². The molecule has 0 spiro atoms. The number of fused-ring (bicyclic) bond motifs is 2. The van der Waals surface area contributed by atoms with Crippen LogP contribution in [-0.2, 0) is 0 Å². The number of aromatic nitrogens is 4. The molecule has 5 heterocycles. The molecule has 3 N–H and O–H groups in total. The molecule has 10 heteroatoms. The van der Waals surface area contributed by atoms with Crippen LogP contribution in [-0.4, -0.2) is 75.5 Å². The maximum Gasteiger partial charge on any atom is 0.226 e. The van der Waals surface area contributed by atoms with E-state index < -0.39 is 0 Å². The second-order valence-corrected chi connectivity index (χ2v) is 10.6. The van der Waals surface area contributed by atoms with Gasteiger partial charge >= 0.3 is 0 Å². The maximum atomic E-state index is 10.4. The number of rotatable bonds is 4. The standard InChI is InChI=1S/C26H31ClN8O/c1-33-11-8-16(9-12-33)21-7-10-29-26(30-21)35-17-5-6-18(35)15-34(14-17)23-13-22(31-32-25(23)28)19-3-2-4-20(27)24(19)36/h2-4,7,10,13,16-18,36H,5-6,8-9,11-12,14-15H2,1H3,(H2,28,32)/t17-,18+. The zero-order valence-corrected chi connectivity index (χ0v) is 21.1. The number of phenolic OH excluding ortho intramolecular Hbond substituents is 1. The van der Waals surface area contributed by atoms with Crippen molar-refractivity contribution in [1.82, 2.24) is 25.1 Å². The Labute approximate surface area is 215 Å². The molecule has 0 saturated carbocycles. The summed E-state index contributed by atoms with van der Waals surface area (Å²) in [4.78, 5) is 16.9. The smallest absolute Gasteiger partial charge is 0.226 e.